The van der Waals surface area contributed by atoms with E-state index in [0.717, 1.165) is 42.9 Å². The summed E-state index contributed by atoms with van der Waals surface area (Å²) in [6.07, 6.45) is 4.12. The van der Waals surface area contributed by atoms with Gasteiger partial charge in [-0.25, -0.2) is 13.8 Å². The molecule has 0 saturated carbocycles. The highest BCUT2D eigenvalue weighted by Crippen LogP contribution is 2.43. The van der Waals surface area contributed by atoms with Crippen LogP contribution in [-0.4, -0.2) is 39.3 Å². The van der Waals surface area contributed by atoms with Crippen LogP contribution in [0.15, 0.2) is 46.3 Å². The lowest BCUT2D eigenvalue weighted by Crippen LogP contribution is -2.42. The molecule has 0 radical (unpaired) electrons. The molecule has 44 heavy (non-hydrogen) atoms. The molecule has 4 aromatic rings. The molecule has 6 nitrogen and oxygen atoms in total. The highest BCUT2D eigenvalue weighted by molar-refractivity contribution is 8.00. The first-order valence-corrected chi connectivity index (χ1v) is 16.8. The Hall–Kier alpha value is -3.24. The van der Waals surface area contributed by atoms with E-state index in [2.05, 4.69) is 20.8 Å². The van der Waals surface area contributed by atoms with Crippen LogP contribution in [0.4, 0.5) is 8.78 Å². The maximum atomic E-state index is 14.5. The van der Waals surface area contributed by atoms with Crippen LogP contribution < -0.4 is 10.3 Å². The molecular weight excluding hydrogens is 601 g/mol. The number of hydrogen-bond acceptors (Lipinski definition) is 6. The first-order valence-electron chi connectivity index (χ1n) is 15.1. The third-order valence-electron chi connectivity index (χ3n) is 9.04. The van der Waals surface area contributed by atoms with E-state index in [4.69, 9.17) is 9.72 Å². The van der Waals surface area contributed by atoms with Crippen molar-refractivity contribution >= 4 is 39.2 Å². The average Bonchev–Trinajstić information content (AvgIpc) is 3.35. The molecular formula is C34H37F2N3O3S2. The Bertz CT molecular complexity index is 1810. The summed E-state index contributed by atoms with van der Waals surface area (Å²) in [4.78, 5) is 36.9. The zero-order valence-electron chi connectivity index (χ0n) is 25.7. The van der Waals surface area contributed by atoms with E-state index in [1.165, 1.54) is 28.8 Å². The number of fused-ring (bicyclic) bond motifs is 3. The van der Waals surface area contributed by atoms with Crippen molar-refractivity contribution in [2.24, 2.45) is 11.3 Å². The minimum Gasteiger partial charge on any atom is -0.497 e. The van der Waals surface area contributed by atoms with Gasteiger partial charge in [-0.05, 0) is 73.6 Å². The monoisotopic (exact) mass is 637 g/mol. The van der Waals surface area contributed by atoms with Gasteiger partial charge in [-0.3, -0.25) is 14.2 Å². The van der Waals surface area contributed by atoms with E-state index >= 15 is 0 Å². The quantitative estimate of drug-likeness (QED) is 0.205. The summed E-state index contributed by atoms with van der Waals surface area (Å²) >= 11 is 2.89. The van der Waals surface area contributed by atoms with Gasteiger partial charge in [0.15, 0.2) is 5.16 Å². The Morgan fingerprint density at radius 3 is 2.64 bits per heavy atom. The fourth-order valence-electron chi connectivity index (χ4n) is 6.35. The number of rotatable bonds is 6. The minimum absolute atomic E-state index is 0.0584. The molecule has 232 valence electrons. The first-order chi connectivity index (χ1) is 20.9. The number of hydrogen-bond donors (Lipinski definition) is 0. The normalized spacial score (nSPS) is 19.0. The molecule has 2 aliphatic rings. The highest BCUT2D eigenvalue weighted by Gasteiger charge is 2.35. The van der Waals surface area contributed by atoms with Gasteiger partial charge in [0.25, 0.3) is 5.56 Å². The van der Waals surface area contributed by atoms with E-state index in [1.54, 1.807) is 27.9 Å². The summed E-state index contributed by atoms with van der Waals surface area (Å²) in [5.74, 6) is -0.322. The molecule has 1 aliphatic carbocycles. The number of ether oxygens (including phenoxy) is 1. The number of benzene rings is 2. The molecule has 10 heteroatoms. The van der Waals surface area contributed by atoms with Crippen LogP contribution in [0.25, 0.3) is 15.9 Å². The van der Waals surface area contributed by atoms with Gasteiger partial charge < -0.3 is 9.64 Å². The Morgan fingerprint density at radius 2 is 1.91 bits per heavy atom. The molecule has 2 aromatic carbocycles. The summed E-state index contributed by atoms with van der Waals surface area (Å²) < 4.78 is 35.1. The van der Waals surface area contributed by atoms with Gasteiger partial charge in [-0.15, -0.1) is 11.3 Å². The number of thioether (sulfide) groups is 1. The van der Waals surface area contributed by atoms with Crippen LogP contribution in [0.1, 0.15) is 61.6 Å². The smallest absolute Gasteiger partial charge is 0.267 e. The molecule has 0 N–H and O–H groups in total. The Morgan fingerprint density at radius 1 is 1.11 bits per heavy atom. The molecule has 1 saturated heterocycles. The second-order valence-electron chi connectivity index (χ2n) is 12.9. The van der Waals surface area contributed by atoms with E-state index in [0.29, 0.717) is 45.7 Å². The predicted molar refractivity (Wildman–Crippen MR) is 172 cm³/mol. The number of thiophene rings is 1. The van der Waals surface area contributed by atoms with Crippen molar-refractivity contribution < 1.29 is 18.3 Å². The SMILES string of the molecule is COc1ccc(C)c(-n2c(SC3CCCN(Cc4ccc(F)cc4F)C3=O)nc3sc4c(c3c2=O)CCC(C(C)(C)C)C4)c1. The fraction of sp³-hybridized carbons (Fsp3) is 0.441. The second-order valence-corrected chi connectivity index (χ2v) is 15.2. The lowest BCUT2D eigenvalue weighted by Gasteiger charge is -2.33. The molecule has 2 unspecified atom stereocenters. The number of piperidine rings is 1. The summed E-state index contributed by atoms with van der Waals surface area (Å²) in [5, 5.41) is 0.624. The number of aryl methyl sites for hydroxylation is 2. The first kappa shape index (κ1) is 30.8. The van der Waals surface area contributed by atoms with Crippen molar-refractivity contribution in [2.75, 3.05) is 13.7 Å². The average molecular weight is 638 g/mol. The summed E-state index contributed by atoms with van der Waals surface area (Å²) in [7, 11) is 1.59. The van der Waals surface area contributed by atoms with E-state index in [1.807, 2.05) is 25.1 Å². The topological polar surface area (TPSA) is 64.4 Å². The van der Waals surface area contributed by atoms with Crippen LogP contribution in [0, 0.1) is 29.9 Å². The van der Waals surface area contributed by atoms with Crippen LogP contribution in [0.5, 0.6) is 5.75 Å². The lowest BCUT2D eigenvalue weighted by molar-refractivity contribution is -0.133. The fourth-order valence-corrected chi connectivity index (χ4v) is 8.92. The molecule has 1 aliphatic heterocycles. The van der Waals surface area contributed by atoms with Crippen molar-refractivity contribution in [3.05, 3.63) is 80.0 Å². The number of halogens is 2. The van der Waals surface area contributed by atoms with Gasteiger partial charge in [0.05, 0.1) is 23.4 Å². The van der Waals surface area contributed by atoms with Crippen molar-refractivity contribution in [3.8, 4) is 11.4 Å². The Kier molecular flexibility index (Phi) is 8.34. The molecule has 0 bridgehead atoms. The van der Waals surface area contributed by atoms with Crippen molar-refractivity contribution in [1.82, 2.24) is 14.5 Å². The van der Waals surface area contributed by atoms with E-state index in [9.17, 15) is 18.4 Å². The molecule has 2 aromatic heterocycles. The van der Waals surface area contributed by atoms with Gasteiger partial charge in [0, 0.05) is 35.7 Å². The van der Waals surface area contributed by atoms with E-state index < -0.39 is 16.9 Å². The van der Waals surface area contributed by atoms with Gasteiger partial charge in [0.1, 0.15) is 22.2 Å². The number of likely N-dealkylation sites (tertiary alicyclic amines) is 1. The van der Waals surface area contributed by atoms with Crippen molar-refractivity contribution in [3.63, 3.8) is 0 Å². The van der Waals surface area contributed by atoms with Crippen LogP contribution in [-0.2, 0) is 24.2 Å². The molecule has 2 atom stereocenters. The molecule has 1 fully saturated rings. The summed E-state index contributed by atoms with van der Waals surface area (Å²) in [5.41, 5.74) is 2.97. The number of methoxy groups -OCH3 is 1. The van der Waals surface area contributed by atoms with E-state index in [-0.39, 0.29) is 29.0 Å². The highest BCUT2D eigenvalue weighted by atomic mass is 32.2. The minimum atomic E-state index is -0.669. The maximum Gasteiger partial charge on any atom is 0.267 e. The second kappa shape index (κ2) is 11.9. The number of nitrogens with zero attached hydrogens (tertiary/aromatic N) is 3. The number of aromatic nitrogens is 2. The molecule has 6 rings (SSSR count). The maximum absolute atomic E-state index is 14.5. The molecule has 0 spiro atoms. The standard InChI is InChI=1S/C34H37F2N3O3S2/c1-19-8-12-23(42-5)17-26(19)39-32(41)29-24-13-10-21(34(2,3)4)15-28(24)43-30(29)37-33(39)44-27-7-6-14-38(31(27)40)18-20-9-11-22(35)16-25(20)36/h8-9,11-12,16-17,21,27H,6-7,10,13-15,18H2,1-5H3. The Labute approximate surface area is 264 Å². The summed E-state index contributed by atoms with van der Waals surface area (Å²) in [6.45, 7) is 9.31. The van der Waals surface area contributed by atoms with Gasteiger partial charge >= 0.3 is 0 Å². The third kappa shape index (κ3) is 5.78. The zero-order valence-corrected chi connectivity index (χ0v) is 27.3. The van der Waals surface area contributed by atoms with Crippen molar-refractivity contribution in [2.45, 2.75) is 76.8 Å². The lowest BCUT2D eigenvalue weighted by atomic mass is 9.72. The third-order valence-corrected chi connectivity index (χ3v) is 11.4. The molecule has 1 amide bonds. The van der Waals surface area contributed by atoms with Gasteiger partial charge in [0.2, 0.25) is 5.91 Å². The van der Waals surface area contributed by atoms with Gasteiger partial charge in [-0.2, -0.15) is 0 Å². The largest absolute Gasteiger partial charge is 0.497 e. The summed E-state index contributed by atoms with van der Waals surface area (Å²) in [6, 6.07) is 9.05. The zero-order chi connectivity index (χ0) is 31.3. The number of amides is 1. The predicted octanol–water partition coefficient (Wildman–Crippen LogP) is 7.48. The molecule has 3 heterocycles. The number of carbonyl (C=O) groups excluding carboxylic acids is 1. The Balaban J connectivity index is 1.42. The van der Waals surface area contributed by atoms with Crippen LogP contribution >= 0.6 is 23.1 Å². The van der Waals surface area contributed by atoms with Gasteiger partial charge in [-0.1, -0.05) is 44.7 Å². The van der Waals surface area contributed by atoms with Crippen LogP contribution in [0.2, 0.25) is 0 Å². The van der Waals surface area contributed by atoms with Crippen LogP contribution in [0.3, 0.4) is 0 Å². The number of carbonyl (C=O) groups is 1. The van der Waals surface area contributed by atoms with Crippen molar-refractivity contribution in [1.29, 1.82) is 0 Å².